The summed E-state index contributed by atoms with van der Waals surface area (Å²) in [5.41, 5.74) is 6.26. The van der Waals surface area contributed by atoms with Crippen LogP contribution in [0.15, 0.2) is 77.3 Å². The van der Waals surface area contributed by atoms with Gasteiger partial charge in [-0.15, -0.1) is 0 Å². The van der Waals surface area contributed by atoms with E-state index in [1.807, 2.05) is 53.4 Å². The van der Waals surface area contributed by atoms with Crippen molar-refractivity contribution in [3.63, 3.8) is 0 Å². The van der Waals surface area contributed by atoms with Gasteiger partial charge >= 0.3 is 0 Å². The third-order valence-electron chi connectivity index (χ3n) is 5.69. The Kier molecular flexibility index (Phi) is 5.16. The summed E-state index contributed by atoms with van der Waals surface area (Å²) >= 11 is 9.59. The van der Waals surface area contributed by atoms with E-state index in [4.69, 9.17) is 11.6 Å². The number of anilines is 1. The van der Waals surface area contributed by atoms with E-state index in [0.29, 0.717) is 10.7 Å². The summed E-state index contributed by atoms with van der Waals surface area (Å²) in [7, 11) is 0. The lowest BCUT2D eigenvalue weighted by molar-refractivity contribution is 0.0989. The standard InChI is InChI=1S/C25H19BrClN3O/c1-2-15-3-5-17(6-4-15)24-21-22(16-7-9-18(26)10-8-16)28-29-23(21)25(31)30(24)20-13-11-19(27)12-14-20/h3-14,24H,2H2,1H3,(H,28,29). The number of aromatic amines is 1. The van der Waals surface area contributed by atoms with Crippen molar-refractivity contribution in [1.29, 1.82) is 0 Å². The maximum Gasteiger partial charge on any atom is 0.277 e. The molecule has 1 aromatic heterocycles. The van der Waals surface area contributed by atoms with Gasteiger partial charge in [0.2, 0.25) is 0 Å². The number of nitrogens with one attached hydrogen (secondary N) is 1. The number of aromatic nitrogens is 2. The molecule has 0 saturated heterocycles. The van der Waals surface area contributed by atoms with Gasteiger partial charge in [0.25, 0.3) is 5.91 Å². The Hall–Kier alpha value is -2.89. The molecule has 0 saturated carbocycles. The largest absolute Gasteiger partial charge is 0.295 e. The van der Waals surface area contributed by atoms with Crippen LogP contribution in [0.5, 0.6) is 0 Å². The van der Waals surface area contributed by atoms with E-state index in [1.165, 1.54) is 5.56 Å². The highest BCUT2D eigenvalue weighted by Gasteiger charge is 2.43. The van der Waals surface area contributed by atoms with E-state index < -0.39 is 0 Å². The van der Waals surface area contributed by atoms with Crippen molar-refractivity contribution in [1.82, 2.24) is 10.2 Å². The second-order valence-corrected chi connectivity index (χ2v) is 8.87. The topological polar surface area (TPSA) is 49.0 Å². The van der Waals surface area contributed by atoms with Gasteiger partial charge < -0.3 is 0 Å². The third-order valence-corrected chi connectivity index (χ3v) is 6.48. The first-order valence-electron chi connectivity index (χ1n) is 10.1. The van der Waals surface area contributed by atoms with E-state index in [-0.39, 0.29) is 11.9 Å². The van der Waals surface area contributed by atoms with Crippen LogP contribution < -0.4 is 4.90 Å². The van der Waals surface area contributed by atoms with Gasteiger partial charge in [0, 0.05) is 26.3 Å². The summed E-state index contributed by atoms with van der Waals surface area (Å²) in [6.45, 7) is 2.13. The average Bonchev–Trinajstić information content (AvgIpc) is 3.34. The molecule has 154 valence electrons. The zero-order chi connectivity index (χ0) is 21.5. The first-order chi connectivity index (χ1) is 15.1. The number of amides is 1. The van der Waals surface area contributed by atoms with Crippen LogP contribution in [0.1, 0.15) is 40.1 Å². The lowest BCUT2D eigenvalue weighted by atomic mass is 9.95. The second-order valence-electron chi connectivity index (χ2n) is 7.52. The second kappa shape index (κ2) is 7.98. The smallest absolute Gasteiger partial charge is 0.277 e. The lowest BCUT2D eigenvalue weighted by Crippen LogP contribution is -2.29. The van der Waals surface area contributed by atoms with Crippen molar-refractivity contribution in [3.05, 3.63) is 105 Å². The Morgan fingerprint density at radius 3 is 2.32 bits per heavy atom. The Labute approximate surface area is 194 Å². The van der Waals surface area contributed by atoms with Gasteiger partial charge in [-0.25, -0.2) is 0 Å². The minimum Gasteiger partial charge on any atom is -0.295 e. The number of halogens is 2. The molecule has 0 spiro atoms. The van der Waals surface area contributed by atoms with Crippen LogP contribution in [-0.4, -0.2) is 16.1 Å². The third kappa shape index (κ3) is 3.48. The maximum atomic E-state index is 13.5. The molecule has 1 amide bonds. The molecular formula is C25H19BrClN3O. The van der Waals surface area contributed by atoms with E-state index in [0.717, 1.165) is 39.0 Å². The molecule has 1 N–H and O–H groups in total. The molecule has 1 unspecified atom stereocenters. The fraction of sp³-hybridized carbons (Fsp3) is 0.120. The van der Waals surface area contributed by atoms with E-state index in [2.05, 4.69) is 57.3 Å². The van der Waals surface area contributed by atoms with Crippen LogP contribution in [-0.2, 0) is 6.42 Å². The van der Waals surface area contributed by atoms with Crippen LogP contribution in [0.2, 0.25) is 5.02 Å². The number of carbonyl (C=O) groups excluding carboxylic acids is 1. The van der Waals surface area contributed by atoms with Crippen LogP contribution in [0.25, 0.3) is 11.3 Å². The molecule has 2 heterocycles. The molecule has 4 nitrogen and oxygen atoms in total. The highest BCUT2D eigenvalue weighted by Crippen LogP contribution is 2.45. The average molecular weight is 493 g/mol. The number of fused-ring (bicyclic) bond motifs is 1. The molecule has 5 rings (SSSR count). The van der Waals surface area contributed by atoms with Gasteiger partial charge in [0.05, 0.1) is 11.7 Å². The highest BCUT2D eigenvalue weighted by atomic mass is 79.9. The minimum absolute atomic E-state index is 0.0993. The highest BCUT2D eigenvalue weighted by molar-refractivity contribution is 9.10. The van der Waals surface area contributed by atoms with Gasteiger partial charge in [-0.2, -0.15) is 5.10 Å². The number of hydrogen-bond donors (Lipinski definition) is 1. The quantitative estimate of drug-likeness (QED) is 0.340. The molecule has 0 aliphatic carbocycles. The zero-order valence-corrected chi connectivity index (χ0v) is 19.1. The molecule has 0 bridgehead atoms. The normalized spacial score (nSPS) is 15.4. The van der Waals surface area contributed by atoms with Crippen molar-refractivity contribution in [2.24, 2.45) is 0 Å². The van der Waals surface area contributed by atoms with E-state index in [9.17, 15) is 4.79 Å². The van der Waals surface area contributed by atoms with E-state index in [1.54, 1.807) is 0 Å². The first-order valence-corrected chi connectivity index (χ1v) is 11.3. The van der Waals surface area contributed by atoms with Crippen LogP contribution >= 0.6 is 27.5 Å². The van der Waals surface area contributed by atoms with Gasteiger partial charge in [0.1, 0.15) is 5.69 Å². The maximum absolute atomic E-state index is 13.5. The summed E-state index contributed by atoms with van der Waals surface area (Å²) in [6.07, 6.45) is 0.964. The number of aryl methyl sites for hydroxylation is 1. The number of benzene rings is 3. The molecule has 0 fully saturated rings. The van der Waals surface area contributed by atoms with Crippen LogP contribution in [0, 0.1) is 0 Å². The molecule has 31 heavy (non-hydrogen) atoms. The van der Waals surface area contributed by atoms with Crippen LogP contribution in [0.3, 0.4) is 0 Å². The Bertz CT molecular complexity index is 1250. The summed E-state index contributed by atoms with van der Waals surface area (Å²) in [5, 5.41) is 8.17. The number of hydrogen-bond acceptors (Lipinski definition) is 2. The summed E-state index contributed by atoms with van der Waals surface area (Å²) in [4.78, 5) is 15.3. The lowest BCUT2D eigenvalue weighted by Gasteiger charge is -2.26. The van der Waals surface area contributed by atoms with Crippen molar-refractivity contribution >= 4 is 39.1 Å². The fourth-order valence-electron chi connectivity index (χ4n) is 4.09. The fourth-order valence-corrected chi connectivity index (χ4v) is 4.48. The van der Waals surface area contributed by atoms with Crippen molar-refractivity contribution in [2.45, 2.75) is 19.4 Å². The molecule has 1 aliphatic rings. The Morgan fingerprint density at radius 1 is 1.00 bits per heavy atom. The predicted octanol–water partition coefficient (Wildman–Crippen LogP) is 6.80. The Morgan fingerprint density at radius 2 is 1.68 bits per heavy atom. The molecule has 0 radical (unpaired) electrons. The first kappa shape index (κ1) is 20.0. The molecule has 3 aromatic carbocycles. The SMILES string of the molecule is CCc1ccc(C2c3c(-c4ccc(Br)cc4)n[nH]c3C(=O)N2c2ccc(Cl)cc2)cc1. The molecule has 1 atom stereocenters. The zero-order valence-electron chi connectivity index (χ0n) is 16.8. The van der Waals surface area contributed by atoms with Gasteiger partial charge in [0.15, 0.2) is 0 Å². The van der Waals surface area contributed by atoms with Gasteiger partial charge in [-0.3, -0.25) is 14.8 Å². The number of carbonyl (C=O) groups is 1. The summed E-state index contributed by atoms with van der Waals surface area (Å²) in [6, 6.07) is 23.5. The van der Waals surface area contributed by atoms with Crippen molar-refractivity contribution in [3.8, 4) is 11.3 Å². The number of rotatable bonds is 4. The van der Waals surface area contributed by atoms with Gasteiger partial charge in [-0.05, 0) is 53.9 Å². The molecular weight excluding hydrogens is 474 g/mol. The van der Waals surface area contributed by atoms with E-state index >= 15 is 0 Å². The van der Waals surface area contributed by atoms with Crippen LogP contribution in [0.4, 0.5) is 5.69 Å². The molecule has 1 aliphatic heterocycles. The molecule has 4 aromatic rings. The monoisotopic (exact) mass is 491 g/mol. The van der Waals surface area contributed by atoms with Crippen molar-refractivity contribution < 1.29 is 4.79 Å². The summed E-state index contributed by atoms with van der Waals surface area (Å²) < 4.78 is 0.994. The predicted molar refractivity (Wildman–Crippen MR) is 128 cm³/mol. The summed E-state index contributed by atoms with van der Waals surface area (Å²) in [5.74, 6) is -0.0993. The minimum atomic E-state index is -0.285. The Balaban J connectivity index is 1.70. The van der Waals surface area contributed by atoms with Crippen molar-refractivity contribution in [2.75, 3.05) is 4.90 Å². The molecule has 6 heteroatoms. The number of H-pyrrole nitrogens is 1. The van der Waals surface area contributed by atoms with Gasteiger partial charge in [-0.1, -0.05) is 70.9 Å². The number of nitrogens with zero attached hydrogens (tertiary/aromatic N) is 2.